The van der Waals surface area contributed by atoms with Gasteiger partial charge in [-0.3, -0.25) is 4.79 Å². The van der Waals surface area contributed by atoms with Gasteiger partial charge in [-0.25, -0.2) is 0 Å². The fourth-order valence-corrected chi connectivity index (χ4v) is 2.35. The molecule has 0 aromatic heterocycles. The molecule has 0 aliphatic heterocycles. The van der Waals surface area contributed by atoms with E-state index in [-0.39, 0.29) is 11.7 Å². The van der Waals surface area contributed by atoms with E-state index in [1.54, 1.807) is 49.6 Å². The molecular weight excluding hydrogens is 344 g/mol. The lowest BCUT2D eigenvalue weighted by Crippen LogP contribution is -2.13. The van der Waals surface area contributed by atoms with Crippen molar-refractivity contribution in [1.29, 1.82) is 5.26 Å². The number of nitriles is 1. The molecule has 2 aromatic rings. The molecule has 0 aliphatic rings. The highest BCUT2D eigenvalue weighted by molar-refractivity contribution is 6.09. The lowest BCUT2D eigenvalue weighted by atomic mass is 10.1. The third-order valence-electron chi connectivity index (χ3n) is 3.60. The van der Waals surface area contributed by atoms with Crippen LogP contribution in [0.3, 0.4) is 0 Å². The Balaban J connectivity index is 2.31. The number of anilines is 1. The van der Waals surface area contributed by atoms with Crippen LogP contribution in [0.5, 0.6) is 17.2 Å². The average molecular weight is 366 g/mol. The van der Waals surface area contributed by atoms with Crippen molar-refractivity contribution in [3.8, 4) is 23.3 Å². The normalized spacial score (nSPS) is 10.9. The van der Waals surface area contributed by atoms with Gasteiger partial charge in [0.1, 0.15) is 17.4 Å². The van der Waals surface area contributed by atoms with E-state index < -0.39 is 5.91 Å². The third-order valence-corrected chi connectivity index (χ3v) is 3.60. The molecule has 2 aromatic carbocycles. The maximum absolute atomic E-state index is 12.5. The quantitative estimate of drug-likeness (QED) is 0.591. The van der Waals surface area contributed by atoms with Gasteiger partial charge in [0.25, 0.3) is 5.91 Å². The van der Waals surface area contributed by atoms with Gasteiger partial charge in [-0.15, -0.1) is 0 Å². The minimum Gasteiger partial charge on any atom is -0.497 e. The Labute approximate surface area is 159 Å². The van der Waals surface area contributed by atoms with Crippen LogP contribution in [-0.4, -0.2) is 26.2 Å². The van der Waals surface area contributed by atoms with Crippen molar-refractivity contribution in [3.05, 3.63) is 53.6 Å². The summed E-state index contributed by atoms with van der Waals surface area (Å²) in [5.41, 5.74) is 1.10. The van der Waals surface area contributed by atoms with Gasteiger partial charge < -0.3 is 19.5 Å². The predicted octanol–water partition coefficient (Wildman–Crippen LogP) is 4.04. The fourth-order valence-electron chi connectivity index (χ4n) is 2.35. The van der Waals surface area contributed by atoms with Crippen molar-refractivity contribution in [1.82, 2.24) is 0 Å². The Bertz CT molecular complexity index is 865. The number of nitrogens with one attached hydrogen (secondary N) is 1. The maximum Gasteiger partial charge on any atom is 0.266 e. The SMILES string of the molecule is COc1ccc(NC(=O)/C(C#N)=C/c2cccc(OC)c2OC(C)C)cc1. The molecule has 0 unspecified atom stereocenters. The summed E-state index contributed by atoms with van der Waals surface area (Å²) < 4.78 is 16.2. The topological polar surface area (TPSA) is 80.6 Å². The Kier molecular flexibility index (Phi) is 6.84. The largest absolute Gasteiger partial charge is 0.497 e. The second-order valence-electron chi connectivity index (χ2n) is 5.90. The van der Waals surface area contributed by atoms with Crippen LogP contribution in [0.1, 0.15) is 19.4 Å². The van der Waals surface area contributed by atoms with Crippen LogP contribution in [0.15, 0.2) is 48.0 Å². The molecule has 0 saturated carbocycles. The highest BCUT2D eigenvalue weighted by Gasteiger charge is 2.15. The molecule has 6 nitrogen and oxygen atoms in total. The zero-order valence-electron chi connectivity index (χ0n) is 15.8. The number of hydrogen-bond donors (Lipinski definition) is 1. The van der Waals surface area contributed by atoms with E-state index in [0.717, 1.165) is 0 Å². The molecule has 1 N–H and O–H groups in total. The standard InChI is InChI=1S/C21H22N2O4/c1-14(2)27-20-15(6-5-7-19(20)26-4)12-16(13-22)21(24)23-17-8-10-18(25-3)11-9-17/h5-12,14H,1-4H3,(H,23,24)/b16-12+. The molecule has 0 bridgehead atoms. The summed E-state index contributed by atoms with van der Waals surface area (Å²) in [5.74, 6) is 1.18. The van der Waals surface area contributed by atoms with Crippen LogP contribution >= 0.6 is 0 Å². The van der Waals surface area contributed by atoms with Gasteiger partial charge in [0, 0.05) is 11.3 Å². The van der Waals surface area contributed by atoms with Gasteiger partial charge in [-0.1, -0.05) is 12.1 Å². The minimum absolute atomic E-state index is 0.0484. The highest BCUT2D eigenvalue weighted by Crippen LogP contribution is 2.33. The number of rotatable bonds is 7. The van der Waals surface area contributed by atoms with E-state index in [0.29, 0.717) is 28.5 Å². The second kappa shape index (κ2) is 9.30. The molecule has 2 rings (SSSR count). The average Bonchev–Trinajstić information content (AvgIpc) is 2.67. The van der Waals surface area contributed by atoms with Crippen LogP contribution in [0.25, 0.3) is 6.08 Å². The summed E-state index contributed by atoms with van der Waals surface area (Å²) in [4.78, 5) is 12.5. The van der Waals surface area contributed by atoms with Gasteiger partial charge >= 0.3 is 0 Å². The molecule has 6 heteroatoms. The number of hydrogen-bond acceptors (Lipinski definition) is 5. The first-order valence-corrected chi connectivity index (χ1v) is 8.39. The lowest BCUT2D eigenvalue weighted by molar-refractivity contribution is -0.112. The van der Waals surface area contributed by atoms with Crippen molar-refractivity contribution in [3.63, 3.8) is 0 Å². The maximum atomic E-state index is 12.5. The van der Waals surface area contributed by atoms with E-state index in [4.69, 9.17) is 14.2 Å². The number of amides is 1. The fraction of sp³-hybridized carbons (Fsp3) is 0.238. The van der Waals surface area contributed by atoms with E-state index in [2.05, 4.69) is 5.32 Å². The summed E-state index contributed by atoms with van der Waals surface area (Å²) >= 11 is 0. The van der Waals surface area contributed by atoms with E-state index in [1.807, 2.05) is 19.9 Å². The number of carbonyl (C=O) groups is 1. The smallest absolute Gasteiger partial charge is 0.266 e. The lowest BCUT2D eigenvalue weighted by Gasteiger charge is -2.16. The number of ether oxygens (including phenoxy) is 3. The number of carbonyl (C=O) groups excluding carboxylic acids is 1. The predicted molar refractivity (Wildman–Crippen MR) is 104 cm³/mol. The molecular formula is C21H22N2O4. The van der Waals surface area contributed by atoms with Gasteiger partial charge in [-0.2, -0.15) is 5.26 Å². The monoisotopic (exact) mass is 366 g/mol. The molecule has 0 aliphatic carbocycles. The zero-order valence-corrected chi connectivity index (χ0v) is 15.8. The first-order chi connectivity index (χ1) is 13.0. The molecule has 0 radical (unpaired) electrons. The Morgan fingerprint density at radius 3 is 2.37 bits per heavy atom. The first-order valence-electron chi connectivity index (χ1n) is 8.39. The summed E-state index contributed by atoms with van der Waals surface area (Å²) in [6, 6.07) is 14.1. The molecule has 27 heavy (non-hydrogen) atoms. The van der Waals surface area contributed by atoms with Gasteiger partial charge in [0.15, 0.2) is 11.5 Å². The molecule has 0 heterocycles. The summed E-state index contributed by atoms with van der Waals surface area (Å²) in [5, 5.41) is 12.1. The van der Waals surface area contributed by atoms with Crippen molar-refractivity contribution >= 4 is 17.7 Å². The summed E-state index contributed by atoms with van der Waals surface area (Å²) in [6.07, 6.45) is 1.39. The molecule has 140 valence electrons. The Hall–Kier alpha value is -3.46. The number of methoxy groups -OCH3 is 2. The molecule has 0 spiro atoms. The molecule has 0 saturated heterocycles. The van der Waals surface area contributed by atoms with Crippen LogP contribution in [0.2, 0.25) is 0 Å². The molecule has 0 atom stereocenters. The van der Waals surface area contributed by atoms with Crippen molar-refractivity contribution in [2.45, 2.75) is 20.0 Å². The van der Waals surface area contributed by atoms with E-state index >= 15 is 0 Å². The van der Waals surface area contributed by atoms with E-state index in [1.165, 1.54) is 13.2 Å². The number of nitrogens with zero attached hydrogens (tertiary/aromatic N) is 1. The first kappa shape index (κ1) is 19.9. The van der Waals surface area contributed by atoms with Crippen LogP contribution in [0.4, 0.5) is 5.69 Å². The third kappa shape index (κ3) is 5.25. The van der Waals surface area contributed by atoms with Crippen molar-refractivity contribution in [2.75, 3.05) is 19.5 Å². The number of para-hydroxylation sites is 1. The summed E-state index contributed by atoms with van der Waals surface area (Å²) in [6.45, 7) is 3.78. The Morgan fingerprint density at radius 2 is 1.81 bits per heavy atom. The van der Waals surface area contributed by atoms with Gasteiger partial charge in [0.2, 0.25) is 0 Å². The zero-order chi connectivity index (χ0) is 19.8. The van der Waals surface area contributed by atoms with E-state index in [9.17, 15) is 10.1 Å². The second-order valence-corrected chi connectivity index (χ2v) is 5.90. The number of benzene rings is 2. The van der Waals surface area contributed by atoms with Gasteiger partial charge in [-0.05, 0) is 50.3 Å². The highest BCUT2D eigenvalue weighted by atomic mass is 16.5. The van der Waals surface area contributed by atoms with Crippen LogP contribution < -0.4 is 19.5 Å². The van der Waals surface area contributed by atoms with Crippen LogP contribution in [0, 0.1) is 11.3 Å². The van der Waals surface area contributed by atoms with Crippen molar-refractivity contribution < 1.29 is 19.0 Å². The van der Waals surface area contributed by atoms with Crippen molar-refractivity contribution in [2.24, 2.45) is 0 Å². The van der Waals surface area contributed by atoms with Crippen LogP contribution in [-0.2, 0) is 4.79 Å². The van der Waals surface area contributed by atoms with Gasteiger partial charge in [0.05, 0.1) is 20.3 Å². The molecule has 1 amide bonds. The molecule has 0 fully saturated rings. The summed E-state index contributed by atoms with van der Waals surface area (Å²) in [7, 11) is 3.10. The minimum atomic E-state index is -0.513. The Morgan fingerprint density at radius 1 is 1.11 bits per heavy atom.